The zero-order chi connectivity index (χ0) is 21.2. The number of anilines is 1. The number of fused-ring (bicyclic) bond motifs is 1. The number of urea groups is 1. The van der Waals surface area contributed by atoms with Gasteiger partial charge in [-0.05, 0) is 43.2 Å². The number of imide groups is 1. The van der Waals surface area contributed by atoms with E-state index in [0.717, 1.165) is 15.7 Å². The number of esters is 1. The maximum atomic E-state index is 12.4. The molecule has 2 aromatic carbocycles. The van der Waals surface area contributed by atoms with Gasteiger partial charge in [-0.3, -0.25) is 19.3 Å². The number of ether oxygens (including phenoxy) is 1. The van der Waals surface area contributed by atoms with Gasteiger partial charge in [0, 0.05) is 5.69 Å². The van der Waals surface area contributed by atoms with Gasteiger partial charge in [0.2, 0.25) is 0 Å². The minimum absolute atomic E-state index is 0.397. The molecule has 0 aliphatic carbocycles. The van der Waals surface area contributed by atoms with Crippen LogP contribution in [0.4, 0.5) is 10.5 Å². The van der Waals surface area contributed by atoms with E-state index in [2.05, 4.69) is 10.6 Å². The van der Waals surface area contributed by atoms with E-state index in [1.165, 1.54) is 6.92 Å². The number of carbonyl (C=O) groups is 4. The maximum Gasteiger partial charge on any atom is 0.327 e. The van der Waals surface area contributed by atoms with Crippen LogP contribution in [0.5, 0.6) is 0 Å². The highest BCUT2D eigenvalue weighted by Gasteiger charge is 2.47. The first kappa shape index (κ1) is 20.3. The number of benzene rings is 2. The molecule has 8 heteroatoms. The lowest BCUT2D eigenvalue weighted by atomic mass is 9.99. The molecule has 0 aromatic heterocycles. The summed E-state index contributed by atoms with van der Waals surface area (Å²) in [6.07, 6.45) is -0.694. The largest absolute Gasteiger partial charge is 0.451 e. The van der Waals surface area contributed by atoms with E-state index in [0.29, 0.717) is 12.1 Å². The summed E-state index contributed by atoms with van der Waals surface area (Å²) in [6.45, 7) is 4.24. The van der Waals surface area contributed by atoms with Crippen LogP contribution < -0.4 is 10.6 Å². The molecule has 1 aliphatic heterocycles. The van der Waals surface area contributed by atoms with Gasteiger partial charge in [0.05, 0.1) is 0 Å². The summed E-state index contributed by atoms with van der Waals surface area (Å²) >= 11 is 0. The predicted octanol–water partition coefficient (Wildman–Crippen LogP) is 2.43. The third-order valence-corrected chi connectivity index (χ3v) is 5.03. The normalized spacial score (nSPS) is 19.8. The van der Waals surface area contributed by atoms with Crippen LogP contribution in [-0.2, 0) is 19.1 Å². The third kappa shape index (κ3) is 4.21. The Hall–Kier alpha value is -3.42. The van der Waals surface area contributed by atoms with Gasteiger partial charge >= 0.3 is 12.0 Å². The Labute approximate surface area is 168 Å². The van der Waals surface area contributed by atoms with Gasteiger partial charge in [0.15, 0.2) is 6.10 Å². The van der Waals surface area contributed by atoms with Crippen molar-refractivity contribution in [2.24, 2.45) is 0 Å². The molecule has 1 aliphatic rings. The fourth-order valence-corrected chi connectivity index (χ4v) is 3.06. The van der Waals surface area contributed by atoms with Gasteiger partial charge < -0.3 is 15.4 Å². The molecule has 1 fully saturated rings. The van der Waals surface area contributed by atoms with Crippen molar-refractivity contribution in [3.63, 3.8) is 0 Å². The second-order valence-corrected chi connectivity index (χ2v) is 7.19. The average molecular weight is 397 g/mol. The molecule has 1 heterocycles. The van der Waals surface area contributed by atoms with Crippen LogP contribution in [-0.4, -0.2) is 46.9 Å². The van der Waals surface area contributed by atoms with E-state index >= 15 is 0 Å². The molecule has 2 N–H and O–H groups in total. The standard InChI is InChI=1S/C21H23N3O5/c1-4-21(3)19(27)24(20(28)23-21)12-17(25)29-13(2)18(26)22-16-10-9-14-7-5-6-8-15(14)11-16/h5-11,13H,4,12H2,1-3H3,(H,22,26)(H,23,28)/t13-,21+/m0/s1. The fraction of sp³-hybridized carbons (Fsp3) is 0.333. The van der Waals surface area contributed by atoms with E-state index in [1.54, 1.807) is 19.9 Å². The highest BCUT2D eigenvalue weighted by Crippen LogP contribution is 2.21. The Balaban J connectivity index is 1.58. The molecule has 1 saturated heterocycles. The zero-order valence-electron chi connectivity index (χ0n) is 16.5. The number of amides is 4. The van der Waals surface area contributed by atoms with Gasteiger partial charge in [0.25, 0.3) is 11.8 Å². The quantitative estimate of drug-likeness (QED) is 0.575. The number of rotatable bonds is 6. The van der Waals surface area contributed by atoms with Crippen LogP contribution in [0.15, 0.2) is 42.5 Å². The van der Waals surface area contributed by atoms with Gasteiger partial charge in [-0.2, -0.15) is 0 Å². The molecule has 0 unspecified atom stereocenters. The number of nitrogens with zero attached hydrogens (tertiary/aromatic N) is 1. The monoisotopic (exact) mass is 397 g/mol. The average Bonchev–Trinajstić information content (AvgIpc) is 2.91. The molecule has 29 heavy (non-hydrogen) atoms. The maximum absolute atomic E-state index is 12.4. The van der Waals surface area contributed by atoms with E-state index in [4.69, 9.17) is 4.74 Å². The number of carbonyl (C=O) groups excluding carboxylic acids is 4. The van der Waals surface area contributed by atoms with Crippen molar-refractivity contribution in [3.05, 3.63) is 42.5 Å². The number of nitrogens with one attached hydrogen (secondary N) is 2. The lowest BCUT2D eigenvalue weighted by Gasteiger charge is -2.19. The number of hydrogen-bond donors (Lipinski definition) is 2. The second kappa shape index (κ2) is 7.90. The third-order valence-electron chi connectivity index (χ3n) is 5.03. The van der Waals surface area contributed by atoms with Crippen molar-refractivity contribution in [3.8, 4) is 0 Å². The Morgan fingerprint density at radius 1 is 1.17 bits per heavy atom. The summed E-state index contributed by atoms with van der Waals surface area (Å²) in [7, 11) is 0. The topological polar surface area (TPSA) is 105 Å². The first-order chi connectivity index (χ1) is 13.7. The van der Waals surface area contributed by atoms with Crippen molar-refractivity contribution in [1.29, 1.82) is 0 Å². The summed E-state index contributed by atoms with van der Waals surface area (Å²) in [5.74, 6) is -1.84. The van der Waals surface area contributed by atoms with E-state index in [1.807, 2.05) is 36.4 Å². The Kier molecular flexibility index (Phi) is 5.54. The van der Waals surface area contributed by atoms with Crippen LogP contribution in [0, 0.1) is 0 Å². The minimum atomic E-state index is -1.09. The predicted molar refractivity (Wildman–Crippen MR) is 107 cm³/mol. The molecule has 152 valence electrons. The zero-order valence-corrected chi connectivity index (χ0v) is 16.5. The fourth-order valence-electron chi connectivity index (χ4n) is 3.06. The van der Waals surface area contributed by atoms with Crippen molar-refractivity contribution in [2.45, 2.75) is 38.8 Å². The molecule has 3 rings (SSSR count). The van der Waals surface area contributed by atoms with Crippen LogP contribution in [0.1, 0.15) is 27.2 Å². The van der Waals surface area contributed by atoms with E-state index in [9.17, 15) is 19.2 Å². The first-order valence-electron chi connectivity index (χ1n) is 9.37. The first-order valence-corrected chi connectivity index (χ1v) is 9.37. The lowest BCUT2D eigenvalue weighted by Crippen LogP contribution is -2.44. The molecular formula is C21H23N3O5. The summed E-state index contributed by atoms with van der Waals surface area (Å²) in [6, 6.07) is 12.5. The summed E-state index contributed by atoms with van der Waals surface area (Å²) in [5, 5.41) is 7.26. The van der Waals surface area contributed by atoms with Crippen molar-refractivity contribution in [2.75, 3.05) is 11.9 Å². The van der Waals surface area contributed by atoms with Crippen LogP contribution in [0.25, 0.3) is 10.8 Å². The van der Waals surface area contributed by atoms with E-state index < -0.39 is 42.0 Å². The van der Waals surface area contributed by atoms with Gasteiger partial charge in [-0.15, -0.1) is 0 Å². The van der Waals surface area contributed by atoms with Crippen molar-refractivity contribution < 1.29 is 23.9 Å². The Morgan fingerprint density at radius 2 is 1.86 bits per heavy atom. The van der Waals surface area contributed by atoms with Crippen molar-refractivity contribution >= 4 is 40.3 Å². The van der Waals surface area contributed by atoms with E-state index in [-0.39, 0.29) is 0 Å². The van der Waals surface area contributed by atoms with Gasteiger partial charge in [-0.1, -0.05) is 37.3 Å². The SMILES string of the molecule is CC[C@@]1(C)NC(=O)N(CC(=O)O[C@@H](C)C(=O)Nc2ccc3ccccc3c2)C1=O. The Bertz CT molecular complexity index is 989. The minimum Gasteiger partial charge on any atom is -0.451 e. The molecular weight excluding hydrogens is 374 g/mol. The second-order valence-electron chi connectivity index (χ2n) is 7.19. The van der Waals surface area contributed by atoms with Crippen molar-refractivity contribution in [1.82, 2.24) is 10.2 Å². The molecule has 0 spiro atoms. The molecule has 8 nitrogen and oxygen atoms in total. The van der Waals surface area contributed by atoms with Crippen LogP contribution in [0.3, 0.4) is 0 Å². The molecule has 2 aromatic rings. The molecule has 0 bridgehead atoms. The van der Waals surface area contributed by atoms with Gasteiger partial charge in [0.1, 0.15) is 12.1 Å². The summed E-state index contributed by atoms with van der Waals surface area (Å²) < 4.78 is 5.11. The number of hydrogen-bond acceptors (Lipinski definition) is 5. The summed E-state index contributed by atoms with van der Waals surface area (Å²) in [5.41, 5.74) is -0.458. The molecule has 0 saturated carbocycles. The molecule has 2 atom stereocenters. The highest BCUT2D eigenvalue weighted by molar-refractivity contribution is 6.08. The Morgan fingerprint density at radius 3 is 2.52 bits per heavy atom. The molecule has 4 amide bonds. The lowest BCUT2D eigenvalue weighted by molar-refractivity contribution is -0.155. The van der Waals surface area contributed by atoms with Gasteiger partial charge in [-0.25, -0.2) is 4.79 Å². The smallest absolute Gasteiger partial charge is 0.327 e. The molecule has 0 radical (unpaired) electrons. The van der Waals surface area contributed by atoms with Crippen LogP contribution >= 0.6 is 0 Å². The highest BCUT2D eigenvalue weighted by atomic mass is 16.5. The summed E-state index contributed by atoms with van der Waals surface area (Å²) in [4.78, 5) is 49.6. The van der Waals surface area contributed by atoms with Crippen LogP contribution in [0.2, 0.25) is 0 Å².